The number of hydrogen-bond donors (Lipinski definition) is 1. The van der Waals surface area contributed by atoms with Gasteiger partial charge in [0.15, 0.2) is 0 Å². The summed E-state index contributed by atoms with van der Waals surface area (Å²) in [6.45, 7) is 14.6. The third kappa shape index (κ3) is 6.17. The monoisotopic (exact) mass is 490 g/mol. The van der Waals surface area contributed by atoms with Gasteiger partial charge in [0.25, 0.3) is 0 Å². The zero-order valence-electron chi connectivity index (χ0n) is 22.1. The second-order valence-corrected chi connectivity index (χ2v) is 10.3. The first-order valence-electron chi connectivity index (χ1n) is 12.8. The first-order valence-corrected chi connectivity index (χ1v) is 12.8. The number of benzene rings is 2. The van der Waals surface area contributed by atoms with Gasteiger partial charge in [0.05, 0.1) is 6.61 Å². The number of urea groups is 1. The van der Waals surface area contributed by atoms with Gasteiger partial charge in [0.2, 0.25) is 0 Å². The molecule has 8 nitrogen and oxygen atoms in total. The van der Waals surface area contributed by atoms with Crippen molar-refractivity contribution in [1.29, 1.82) is 0 Å². The quantitative estimate of drug-likeness (QED) is 0.542. The van der Waals surface area contributed by atoms with E-state index in [9.17, 15) is 4.79 Å². The molecule has 8 heteroatoms. The number of aryl methyl sites for hydroxylation is 1. The number of nitrogens with zero attached hydrogens (tertiary/aromatic N) is 5. The largest absolute Gasteiger partial charge is 0.492 e. The maximum absolute atomic E-state index is 12.9. The first-order chi connectivity index (χ1) is 17.2. The number of nitrogens with one attached hydrogen (secondary N) is 1. The summed E-state index contributed by atoms with van der Waals surface area (Å²) < 4.78 is 7.68. The number of carbonyl (C=O) groups excluding carboxylic acids is 1. The zero-order chi connectivity index (χ0) is 25.7. The van der Waals surface area contributed by atoms with Gasteiger partial charge in [0.1, 0.15) is 23.6 Å². The van der Waals surface area contributed by atoms with E-state index in [-0.39, 0.29) is 11.4 Å². The lowest BCUT2D eigenvalue weighted by molar-refractivity contribution is 0.201. The van der Waals surface area contributed by atoms with Gasteiger partial charge in [-0.1, -0.05) is 45.0 Å². The van der Waals surface area contributed by atoms with Crippen LogP contribution in [0.1, 0.15) is 51.1 Å². The molecular weight excluding hydrogens is 452 g/mol. The molecule has 3 aromatic rings. The minimum atomic E-state index is -0.0105. The second kappa shape index (κ2) is 11.0. The van der Waals surface area contributed by atoms with Crippen LogP contribution < -0.4 is 15.0 Å². The van der Waals surface area contributed by atoms with Crippen molar-refractivity contribution < 1.29 is 9.53 Å². The van der Waals surface area contributed by atoms with Gasteiger partial charge in [-0.15, -0.1) is 0 Å². The molecule has 1 aliphatic heterocycles. The molecule has 0 atom stereocenters. The fourth-order valence-corrected chi connectivity index (χ4v) is 4.41. The lowest BCUT2D eigenvalue weighted by Gasteiger charge is -2.25. The number of hydrogen-bond acceptors (Lipinski definition) is 5. The predicted octanol–water partition coefficient (Wildman–Crippen LogP) is 4.69. The molecule has 4 rings (SSSR count). The molecule has 192 valence electrons. The Morgan fingerprint density at radius 3 is 2.50 bits per heavy atom. The molecule has 1 aromatic heterocycles. The van der Waals surface area contributed by atoms with Gasteiger partial charge in [0, 0.05) is 44.5 Å². The van der Waals surface area contributed by atoms with Crippen LogP contribution in [0.2, 0.25) is 0 Å². The minimum Gasteiger partial charge on any atom is -0.492 e. The Hall–Kier alpha value is -3.55. The summed E-state index contributed by atoms with van der Waals surface area (Å²) in [4.78, 5) is 21.4. The summed E-state index contributed by atoms with van der Waals surface area (Å²) in [5.41, 5.74) is 4.48. The summed E-state index contributed by atoms with van der Waals surface area (Å²) in [5.74, 6) is 1.49. The van der Waals surface area contributed by atoms with Crippen LogP contribution in [0.25, 0.3) is 5.69 Å². The van der Waals surface area contributed by atoms with E-state index in [1.165, 1.54) is 5.56 Å². The van der Waals surface area contributed by atoms with Crippen molar-refractivity contribution >= 4 is 11.7 Å². The smallest absolute Gasteiger partial charge is 0.317 e. The molecule has 36 heavy (non-hydrogen) atoms. The summed E-state index contributed by atoms with van der Waals surface area (Å²) in [6.07, 6.45) is 2.61. The van der Waals surface area contributed by atoms with Gasteiger partial charge >= 0.3 is 6.03 Å². The molecule has 0 radical (unpaired) electrons. The van der Waals surface area contributed by atoms with Crippen LogP contribution in [-0.4, -0.2) is 58.5 Å². The Balaban J connectivity index is 1.36. The number of rotatable bonds is 6. The summed E-state index contributed by atoms with van der Waals surface area (Å²) in [5, 5.41) is 7.52. The van der Waals surface area contributed by atoms with E-state index < -0.39 is 0 Å². The third-order valence-corrected chi connectivity index (χ3v) is 6.51. The van der Waals surface area contributed by atoms with E-state index in [1.807, 2.05) is 24.8 Å². The van der Waals surface area contributed by atoms with E-state index in [4.69, 9.17) is 4.74 Å². The fraction of sp³-hybridized carbons (Fsp3) is 0.464. The minimum absolute atomic E-state index is 0.0105. The molecule has 0 spiro atoms. The van der Waals surface area contributed by atoms with Crippen LogP contribution in [-0.2, 0) is 12.0 Å². The van der Waals surface area contributed by atoms with Crippen LogP contribution in [0.4, 0.5) is 10.5 Å². The summed E-state index contributed by atoms with van der Waals surface area (Å²) in [7, 11) is 0. The maximum atomic E-state index is 12.9. The lowest BCUT2D eigenvalue weighted by Crippen LogP contribution is -2.41. The SMILES string of the molecule is CCOc1cc(N2CCCN(C(=O)NCc3ccc(C(C)(C)C)cc3)CC2)ccc1-n1cnc(C)n1. The predicted molar refractivity (Wildman–Crippen MR) is 143 cm³/mol. The standard InChI is InChI=1S/C28H38N6O2/c1-6-36-26-18-24(12-13-25(26)34-20-30-21(2)31-34)32-14-7-15-33(17-16-32)27(35)29-19-22-8-10-23(11-9-22)28(3,4)5/h8-13,18,20H,6-7,14-17,19H2,1-5H3,(H,29,35). The molecule has 2 amide bonds. The van der Waals surface area contributed by atoms with Gasteiger partial charge in [-0.2, -0.15) is 5.10 Å². The summed E-state index contributed by atoms with van der Waals surface area (Å²) >= 11 is 0. The van der Waals surface area contributed by atoms with Crippen molar-refractivity contribution in [3.05, 3.63) is 65.7 Å². The molecule has 0 bridgehead atoms. The second-order valence-electron chi connectivity index (χ2n) is 10.3. The first kappa shape index (κ1) is 25.5. The summed E-state index contributed by atoms with van der Waals surface area (Å²) in [6, 6.07) is 14.7. The van der Waals surface area contributed by atoms with E-state index in [0.717, 1.165) is 48.7 Å². The number of aromatic nitrogens is 3. The van der Waals surface area contributed by atoms with Crippen molar-refractivity contribution in [3.8, 4) is 11.4 Å². The highest BCUT2D eigenvalue weighted by Crippen LogP contribution is 2.29. The third-order valence-electron chi connectivity index (χ3n) is 6.51. The molecule has 1 saturated heterocycles. The van der Waals surface area contributed by atoms with Gasteiger partial charge in [-0.3, -0.25) is 0 Å². The number of anilines is 1. The van der Waals surface area contributed by atoms with Crippen molar-refractivity contribution in [3.63, 3.8) is 0 Å². The van der Waals surface area contributed by atoms with Crippen LogP contribution >= 0.6 is 0 Å². The van der Waals surface area contributed by atoms with Crippen molar-refractivity contribution in [2.75, 3.05) is 37.7 Å². The lowest BCUT2D eigenvalue weighted by atomic mass is 9.87. The van der Waals surface area contributed by atoms with E-state index >= 15 is 0 Å². The zero-order valence-corrected chi connectivity index (χ0v) is 22.1. The van der Waals surface area contributed by atoms with Gasteiger partial charge in [-0.05, 0) is 48.9 Å². The van der Waals surface area contributed by atoms with Gasteiger partial charge in [-0.25, -0.2) is 14.5 Å². The average molecular weight is 491 g/mol. The average Bonchev–Trinajstić information content (AvgIpc) is 3.13. The van der Waals surface area contributed by atoms with Crippen LogP contribution in [0.3, 0.4) is 0 Å². The normalized spacial score (nSPS) is 14.5. The van der Waals surface area contributed by atoms with Crippen LogP contribution in [0.15, 0.2) is 48.8 Å². The highest BCUT2D eigenvalue weighted by molar-refractivity contribution is 5.74. The Bertz CT molecular complexity index is 1170. The molecular formula is C28H38N6O2. The highest BCUT2D eigenvalue weighted by atomic mass is 16.5. The van der Waals surface area contributed by atoms with E-state index in [2.05, 4.69) is 77.5 Å². The Labute approximate surface area is 214 Å². The number of carbonyl (C=O) groups is 1. The molecule has 2 aromatic carbocycles. The van der Waals surface area contributed by atoms with Crippen LogP contribution in [0.5, 0.6) is 5.75 Å². The van der Waals surface area contributed by atoms with E-state index in [0.29, 0.717) is 25.5 Å². The molecule has 1 fully saturated rings. The number of ether oxygens (including phenoxy) is 1. The Kier molecular flexibility index (Phi) is 7.82. The van der Waals surface area contributed by atoms with Crippen molar-refractivity contribution in [2.24, 2.45) is 0 Å². The van der Waals surface area contributed by atoms with Crippen molar-refractivity contribution in [2.45, 2.75) is 53.0 Å². The van der Waals surface area contributed by atoms with Crippen molar-refractivity contribution in [1.82, 2.24) is 25.0 Å². The fourth-order valence-electron chi connectivity index (χ4n) is 4.41. The van der Waals surface area contributed by atoms with E-state index in [1.54, 1.807) is 11.0 Å². The van der Waals surface area contributed by atoms with Crippen LogP contribution in [0, 0.1) is 6.92 Å². The topological polar surface area (TPSA) is 75.5 Å². The Morgan fingerprint density at radius 1 is 1.06 bits per heavy atom. The molecule has 1 N–H and O–H groups in total. The molecule has 0 saturated carbocycles. The molecule has 0 aliphatic carbocycles. The molecule has 1 aliphatic rings. The van der Waals surface area contributed by atoms with Gasteiger partial charge < -0.3 is 19.9 Å². The molecule has 2 heterocycles. The molecule has 0 unspecified atom stereocenters. The Morgan fingerprint density at radius 2 is 1.83 bits per heavy atom. The maximum Gasteiger partial charge on any atom is 0.317 e. The highest BCUT2D eigenvalue weighted by Gasteiger charge is 2.21. The number of amides is 2.